The van der Waals surface area contributed by atoms with Gasteiger partial charge in [-0.2, -0.15) is 0 Å². The highest BCUT2D eigenvalue weighted by atomic mass is 32.1. The van der Waals surface area contributed by atoms with Crippen LogP contribution in [0, 0.1) is 5.92 Å². The molecule has 1 aromatic carbocycles. The Morgan fingerprint density at radius 2 is 1.91 bits per heavy atom. The molecule has 0 unspecified atom stereocenters. The van der Waals surface area contributed by atoms with Gasteiger partial charge in [0.25, 0.3) is 0 Å². The second-order valence-electron chi connectivity index (χ2n) is 5.17. The third-order valence-corrected chi connectivity index (χ3v) is 3.23. The quantitative estimate of drug-likeness (QED) is 0.570. The van der Waals surface area contributed by atoms with Crippen LogP contribution in [0.3, 0.4) is 0 Å². The van der Waals surface area contributed by atoms with Gasteiger partial charge in [0.15, 0.2) is 0 Å². The van der Waals surface area contributed by atoms with Crippen LogP contribution in [0.15, 0.2) is 30.3 Å². The average molecular weight is 357 g/mol. The van der Waals surface area contributed by atoms with Gasteiger partial charge in [-0.25, -0.2) is 9.59 Å². The van der Waals surface area contributed by atoms with Gasteiger partial charge in [0.1, 0.15) is 12.6 Å². The number of aliphatic hydroxyl groups excluding tert-OH is 1. The number of rotatable bonds is 3. The predicted octanol–water partition coefficient (Wildman–Crippen LogP) is 2.88. The second kappa shape index (κ2) is 9.36. The van der Waals surface area contributed by atoms with Gasteiger partial charge in [-0.1, -0.05) is 49.9 Å². The number of carbonyl (C=O) groups excluding carboxylic acids is 1. The first kappa shape index (κ1) is 19.2. The summed E-state index contributed by atoms with van der Waals surface area (Å²) in [6.07, 6.45) is -0.0731. The Labute approximate surface area is 145 Å². The summed E-state index contributed by atoms with van der Waals surface area (Å²) in [5.41, 5.74) is 0.884. The molecule has 1 heterocycles. The molecule has 1 fully saturated rings. The van der Waals surface area contributed by atoms with Crippen molar-refractivity contribution < 1.29 is 24.5 Å². The fourth-order valence-corrected chi connectivity index (χ4v) is 2.28. The number of thiol groups is 1. The number of carbonyl (C=O) groups is 2. The number of ether oxygens (including phenoxy) is 1. The summed E-state index contributed by atoms with van der Waals surface area (Å²) in [5.74, 6) is -0.786. The lowest BCUT2D eigenvalue weighted by Gasteiger charge is -2.20. The topological polar surface area (TPSA) is 87.1 Å². The third kappa shape index (κ3) is 6.87. The molecule has 0 aromatic heterocycles. The van der Waals surface area contributed by atoms with Crippen molar-refractivity contribution in [1.82, 2.24) is 4.90 Å². The molecule has 23 heavy (non-hydrogen) atoms. The summed E-state index contributed by atoms with van der Waals surface area (Å²) in [7, 11) is 0. The maximum atomic E-state index is 11.9. The van der Waals surface area contributed by atoms with Gasteiger partial charge in [-0.15, -0.1) is 0 Å². The molecule has 2 atom stereocenters. The van der Waals surface area contributed by atoms with E-state index in [1.54, 1.807) is 0 Å². The van der Waals surface area contributed by atoms with Gasteiger partial charge >= 0.3 is 12.1 Å². The van der Waals surface area contributed by atoms with Crippen molar-refractivity contribution in [2.75, 3.05) is 6.54 Å². The first-order valence-electron chi connectivity index (χ1n) is 6.93. The fourth-order valence-electron chi connectivity index (χ4n) is 2.28. The molecule has 2 N–H and O–H groups in total. The molecule has 1 aliphatic heterocycles. The monoisotopic (exact) mass is 357 g/mol. The fraction of sp³-hybridized carbons (Fsp3) is 0.400. The molecule has 1 saturated heterocycles. The number of likely N-dealkylation sites (tertiary alicyclic amines) is 1. The molecule has 8 heteroatoms. The molecule has 0 spiro atoms. The molecule has 1 aromatic rings. The highest BCUT2D eigenvalue weighted by Crippen LogP contribution is 2.24. The number of carboxylic acids is 1. The smallest absolute Gasteiger partial charge is 0.410 e. The first-order chi connectivity index (χ1) is 10.8. The molecule has 0 radical (unpaired) electrons. The molecule has 6 nitrogen and oxygen atoms in total. The SMILES string of the molecule is C[C@@H]1C[C@@H](C(=O)O)N(C(=O)OCc2ccccc2)C1.OC(=S)S. The van der Waals surface area contributed by atoms with Crippen LogP contribution >= 0.6 is 24.8 Å². The van der Waals surface area contributed by atoms with E-state index in [4.69, 9.17) is 14.9 Å². The van der Waals surface area contributed by atoms with Crippen molar-refractivity contribution in [2.45, 2.75) is 26.0 Å². The zero-order valence-electron chi connectivity index (χ0n) is 12.6. The van der Waals surface area contributed by atoms with Gasteiger partial charge in [0.2, 0.25) is 4.38 Å². The summed E-state index contributed by atoms with van der Waals surface area (Å²) in [6, 6.07) is 8.55. The van der Waals surface area contributed by atoms with Crippen LogP contribution in [0.2, 0.25) is 0 Å². The highest BCUT2D eigenvalue weighted by Gasteiger charge is 2.38. The van der Waals surface area contributed by atoms with Crippen LogP contribution in [0.4, 0.5) is 4.79 Å². The van der Waals surface area contributed by atoms with Gasteiger partial charge in [-0.3, -0.25) is 4.90 Å². The Morgan fingerprint density at radius 3 is 2.43 bits per heavy atom. The van der Waals surface area contributed by atoms with E-state index in [1.165, 1.54) is 4.90 Å². The van der Waals surface area contributed by atoms with Gasteiger partial charge in [0, 0.05) is 6.54 Å². The molecule has 0 aliphatic carbocycles. The van der Waals surface area contributed by atoms with E-state index in [0.717, 1.165) is 5.56 Å². The molecule has 126 valence electrons. The second-order valence-corrected chi connectivity index (χ2v) is 6.28. The largest absolute Gasteiger partial charge is 0.494 e. The van der Waals surface area contributed by atoms with Crippen LogP contribution < -0.4 is 0 Å². The van der Waals surface area contributed by atoms with E-state index >= 15 is 0 Å². The van der Waals surface area contributed by atoms with Crippen molar-refractivity contribution >= 4 is 41.3 Å². The van der Waals surface area contributed by atoms with Gasteiger partial charge < -0.3 is 14.9 Å². The molecule has 0 bridgehead atoms. The Bertz CT molecular complexity index is 548. The Balaban J connectivity index is 0.000000593. The number of hydrogen-bond donors (Lipinski definition) is 3. The Morgan fingerprint density at radius 1 is 1.35 bits per heavy atom. The van der Waals surface area contributed by atoms with Crippen molar-refractivity contribution in [2.24, 2.45) is 5.92 Å². The normalized spacial score (nSPS) is 19.5. The number of nitrogens with zero attached hydrogens (tertiary/aromatic N) is 1. The Hall–Kier alpha value is -1.80. The van der Waals surface area contributed by atoms with Crippen molar-refractivity contribution in [3.8, 4) is 0 Å². The predicted molar refractivity (Wildman–Crippen MR) is 92.8 cm³/mol. The van der Waals surface area contributed by atoms with E-state index in [2.05, 4.69) is 24.8 Å². The summed E-state index contributed by atoms with van der Waals surface area (Å²) < 4.78 is 4.86. The molecule has 2 rings (SSSR count). The summed E-state index contributed by atoms with van der Waals surface area (Å²) in [6.45, 7) is 2.53. The van der Waals surface area contributed by atoms with Crippen molar-refractivity contribution in [3.63, 3.8) is 0 Å². The minimum Gasteiger partial charge on any atom is -0.494 e. The van der Waals surface area contributed by atoms with Crippen LogP contribution in [0.1, 0.15) is 18.9 Å². The highest BCUT2D eigenvalue weighted by molar-refractivity contribution is 8.10. The van der Waals surface area contributed by atoms with Crippen LogP contribution in [-0.2, 0) is 16.1 Å². The van der Waals surface area contributed by atoms with E-state index in [9.17, 15) is 9.59 Å². The van der Waals surface area contributed by atoms with E-state index in [-0.39, 0.29) is 16.9 Å². The van der Waals surface area contributed by atoms with Crippen LogP contribution in [0.25, 0.3) is 0 Å². The van der Waals surface area contributed by atoms with Crippen molar-refractivity contribution in [3.05, 3.63) is 35.9 Å². The van der Waals surface area contributed by atoms with Gasteiger partial charge in [0.05, 0.1) is 0 Å². The molecular formula is C15H19NO5S2. The number of carboxylic acid groups (broad SMARTS) is 1. The zero-order valence-corrected chi connectivity index (χ0v) is 14.3. The maximum absolute atomic E-state index is 11.9. The summed E-state index contributed by atoms with van der Waals surface area (Å²) in [4.78, 5) is 24.3. The molecule has 1 amide bonds. The van der Waals surface area contributed by atoms with E-state index in [0.29, 0.717) is 13.0 Å². The average Bonchev–Trinajstić information content (AvgIpc) is 2.88. The van der Waals surface area contributed by atoms with Crippen LogP contribution in [-0.4, -0.2) is 44.1 Å². The van der Waals surface area contributed by atoms with Crippen LogP contribution in [0.5, 0.6) is 0 Å². The number of aliphatic carboxylic acids is 1. The number of thiocarbonyl (C=S) groups is 1. The number of amides is 1. The minimum absolute atomic E-state index is 0.164. The molecule has 0 saturated carbocycles. The maximum Gasteiger partial charge on any atom is 0.410 e. The third-order valence-electron chi connectivity index (χ3n) is 3.23. The number of aliphatic hydroxyl groups is 1. The standard InChI is InChI=1S/C14H17NO4.CH2OS2/c1-10-7-12(13(16)17)15(8-10)14(18)19-9-11-5-3-2-4-6-11;2-1(3)4/h2-6,10,12H,7-9H2,1H3,(H,16,17);(H2,2,3,4)/t10-,12+;/m1./s1. The lowest BCUT2D eigenvalue weighted by atomic mass is 10.1. The Kier molecular flexibility index (Phi) is 7.84. The molecular weight excluding hydrogens is 338 g/mol. The van der Waals surface area contributed by atoms with Crippen molar-refractivity contribution in [1.29, 1.82) is 0 Å². The first-order valence-corrected chi connectivity index (χ1v) is 7.78. The summed E-state index contributed by atoms with van der Waals surface area (Å²) >= 11 is 7.21. The summed E-state index contributed by atoms with van der Waals surface area (Å²) in [5, 5.41) is 16.7. The minimum atomic E-state index is -0.971. The zero-order chi connectivity index (χ0) is 17.4. The lowest BCUT2D eigenvalue weighted by molar-refractivity contribution is -0.141. The number of hydrogen-bond acceptors (Lipinski definition) is 4. The van der Waals surface area contributed by atoms with E-state index in [1.807, 2.05) is 37.3 Å². The van der Waals surface area contributed by atoms with E-state index < -0.39 is 18.1 Å². The lowest BCUT2D eigenvalue weighted by Crippen LogP contribution is -2.40. The number of benzene rings is 1. The molecule has 1 aliphatic rings. The van der Waals surface area contributed by atoms with Gasteiger partial charge in [-0.05, 0) is 30.1 Å².